The second kappa shape index (κ2) is 6.01. The van der Waals surface area contributed by atoms with E-state index >= 15 is 4.39 Å². The minimum atomic E-state index is -1.39. The van der Waals surface area contributed by atoms with Gasteiger partial charge >= 0.3 is 5.97 Å². The molecular formula is C20H21F2N3O3. The molecule has 148 valence electrons. The summed E-state index contributed by atoms with van der Waals surface area (Å²) in [6.07, 6.45) is 4.45. The summed E-state index contributed by atoms with van der Waals surface area (Å²) >= 11 is 0. The molecule has 6 nitrogen and oxygen atoms in total. The van der Waals surface area contributed by atoms with Gasteiger partial charge in [0, 0.05) is 31.4 Å². The number of rotatable bonds is 3. The molecule has 3 aliphatic rings. The Balaban J connectivity index is 1.68. The van der Waals surface area contributed by atoms with E-state index in [1.165, 1.54) is 10.8 Å². The second-order valence-electron chi connectivity index (χ2n) is 8.39. The van der Waals surface area contributed by atoms with Crippen molar-refractivity contribution in [3.05, 3.63) is 39.7 Å². The Labute approximate surface area is 159 Å². The first kappa shape index (κ1) is 17.6. The molecule has 5 rings (SSSR count). The van der Waals surface area contributed by atoms with Crippen molar-refractivity contribution >= 4 is 22.6 Å². The third kappa shape index (κ3) is 2.54. The molecule has 8 heteroatoms. The summed E-state index contributed by atoms with van der Waals surface area (Å²) in [5.74, 6) is -2.35. The van der Waals surface area contributed by atoms with E-state index in [0.717, 1.165) is 31.7 Å². The number of carboxylic acids is 1. The van der Waals surface area contributed by atoms with Crippen molar-refractivity contribution < 1.29 is 18.7 Å². The standard InChI is InChI=1S/C20H21F2N3O3/c21-15-5-13-17(25(12-1-2-12)8-14(19(13)26)20(27)28)16(22)18(15)24-6-9-3-11(23)4-10(9)7-24/h5,8-12H,1-4,6-7,23H2,(H,27,28)/t9-,10+,11+. The summed E-state index contributed by atoms with van der Waals surface area (Å²) in [6.45, 7) is 1.08. The summed E-state index contributed by atoms with van der Waals surface area (Å²) in [5, 5.41) is 9.10. The Morgan fingerprint density at radius 3 is 2.39 bits per heavy atom. The zero-order valence-corrected chi connectivity index (χ0v) is 15.2. The lowest BCUT2D eigenvalue weighted by Crippen LogP contribution is -2.27. The van der Waals surface area contributed by atoms with Gasteiger partial charge in [0.1, 0.15) is 17.1 Å². The highest BCUT2D eigenvalue weighted by Crippen LogP contribution is 2.43. The molecule has 1 aromatic carbocycles. The molecule has 2 saturated carbocycles. The number of aromatic carboxylic acids is 1. The van der Waals surface area contributed by atoms with Crippen LogP contribution < -0.4 is 16.1 Å². The third-order valence-electron chi connectivity index (χ3n) is 6.46. The topological polar surface area (TPSA) is 88.6 Å². The van der Waals surface area contributed by atoms with E-state index in [0.29, 0.717) is 24.9 Å². The Morgan fingerprint density at radius 1 is 1.18 bits per heavy atom. The molecule has 0 radical (unpaired) electrons. The molecule has 2 heterocycles. The van der Waals surface area contributed by atoms with Gasteiger partial charge in [0.25, 0.3) is 0 Å². The molecule has 1 saturated heterocycles. The van der Waals surface area contributed by atoms with E-state index in [9.17, 15) is 19.1 Å². The monoisotopic (exact) mass is 389 g/mol. The molecule has 1 aromatic heterocycles. The molecule has 3 N–H and O–H groups in total. The van der Waals surface area contributed by atoms with Gasteiger partial charge in [0.2, 0.25) is 5.43 Å². The minimum absolute atomic E-state index is 0.00246. The normalized spacial score (nSPS) is 26.8. The number of hydrogen-bond donors (Lipinski definition) is 2. The van der Waals surface area contributed by atoms with E-state index in [1.807, 2.05) is 0 Å². The van der Waals surface area contributed by atoms with Gasteiger partial charge < -0.3 is 20.3 Å². The number of nitrogens with two attached hydrogens (primary N) is 1. The molecule has 0 unspecified atom stereocenters. The predicted octanol–water partition coefficient (Wildman–Crippen LogP) is 2.49. The average Bonchev–Trinajstić information content (AvgIpc) is 3.30. The molecule has 2 aliphatic carbocycles. The molecule has 2 aromatic rings. The molecule has 0 spiro atoms. The summed E-state index contributed by atoms with van der Waals surface area (Å²) in [6, 6.07) is 1.09. The van der Waals surface area contributed by atoms with Crippen LogP contribution in [0.2, 0.25) is 0 Å². The van der Waals surface area contributed by atoms with Gasteiger partial charge in [-0.05, 0) is 43.6 Å². The van der Waals surface area contributed by atoms with Crippen molar-refractivity contribution in [3.8, 4) is 0 Å². The van der Waals surface area contributed by atoms with Gasteiger partial charge in [-0.3, -0.25) is 4.79 Å². The predicted molar refractivity (Wildman–Crippen MR) is 99.8 cm³/mol. The van der Waals surface area contributed by atoms with Crippen LogP contribution in [-0.2, 0) is 0 Å². The molecule has 28 heavy (non-hydrogen) atoms. The molecule has 3 atom stereocenters. The summed E-state index contributed by atoms with van der Waals surface area (Å²) in [7, 11) is 0. The number of pyridine rings is 1. The summed E-state index contributed by atoms with van der Waals surface area (Å²) in [5.41, 5.74) is 4.57. The van der Waals surface area contributed by atoms with Crippen LogP contribution in [0.25, 0.3) is 10.9 Å². The smallest absolute Gasteiger partial charge is 0.341 e. The third-order valence-corrected chi connectivity index (χ3v) is 6.46. The van der Waals surface area contributed by atoms with Crippen molar-refractivity contribution in [2.75, 3.05) is 18.0 Å². The highest BCUT2D eigenvalue weighted by Gasteiger charge is 2.41. The number of nitrogens with zero attached hydrogens (tertiary/aromatic N) is 2. The van der Waals surface area contributed by atoms with Gasteiger partial charge in [0.05, 0.1) is 10.9 Å². The van der Waals surface area contributed by atoms with Crippen molar-refractivity contribution in [1.29, 1.82) is 0 Å². The largest absolute Gasteiger partial charge is 0.477 e. The van der Waals surface area contributed by atoms with Gasteiger partial charge in [-0.2, -0.15) is 0 Å². The van der Waals surface area contributed by atoms with Crippen molar-refractivity contribution in [1.82, 2.24) is 4.57 Å². The van der Waals surface area contributed by atoms with Gasteiger partial charge in [0.15, 0.2) is 5.82 Å². The zero-order valence-electron chi connectivity index (χ0n) is 15.2. The van der Waals surface area contributed by atoms with Gasteiger partial charge in [-0.15, -0.1) is 0 Å². The molecule has 0 amide bonds. The lowest BCUT2D eigenvalue weighted by atomic mass is 10.0. The number of fused-ring (bicyclic) bond motifs is 2. The molecule has 1 aliphatic heterocycles. The maximum Gasteiger partial charge on any atom is 0.341 e. The fourth-order valence-corrected chi connectivity index (χ4v) is 5.04. The highest BCUT2D eigenvalue weighted by molar-refractivity contribution is 5.94. The second-order valence-corrected chi connectivity index (χ2v) is 8.39. The number of benzene rings is 1. The fraction of sp³-hybridized carbons (Fsp3) is 0.500. The Hall–Kier alpha value is -2.48. The van der Waals surface area contributed by atoms with Gasteiger partial charge in [-0.25, -0.2) is 13.6 Å². The van der Waals surface area contributed by atoms with Crippen LogP contribution in [-0.4, -0.2) is 34.8 Å². The first-order chi connectivity index (χ1) is 13.3. The van der Waals surface area contributed by atoms with E-state index in [-0.39, 0.29) is 28.7 Å². The number of hydrogen-bond acceptors (Lipinski definition) is 4. The van der Waals surface area contributed by atoms with E-state index in [2.05, 4.69) is 0 Å². The van der Waals surface area contributed by atoms with Crippen LogP contribution in [0.15, 0.2) is 17.1 Å². The molecular weight excluding hydrogens is 368 g/mol. The summed E-state index contributed by atoms with van der Waals surface area (Å²) < 4.78 is 32.0. The van der Waals surface area contributed by atoms with Crippen LogP contribution >= 0.6 is 0 Å². The molecule has 0 bridgehead atoms. The van der Waals surface area contributed by atoms with E-state index in [1.54, 1.807) is 4.90 Å². The maximum atomic E-state index is 15.6. The fourth-order valence-electron chi connectivity index (χ4n) is 5.04. The number of anilines is 1. The SMILES string of the molecule is N[C@H]1C[C@@H]2CN(c3c(F)cc4c(=O)c(C(=O)O)cn(C5CC5)c4c3F)C[C@@H]2C1. The van der Waals surface area contributed by atoms with Crippen LogP contribution in [0.1, 0.15) is 42.1 Å². The lowest BCUT2D eigenvalue weighted by molar-refractivity contribution is 0.0695. The number of carbonyl (C=O) groups is 1. The van der Waals surface area contributed by atoms with Crippen LogP contribution in [0, 0.1) is 23.5 Å². The maximum absolute atomic E-state index is 15.6. The number of carboxylic acid groups (broad SMARTS) is 1. The molecule has 3 fully saturated rings. The minimum Gasteiger partial charge on any atom is -0.477 e. The quantitative estimate of drug-likeness (QED) is 0.842. The first-order valence-corrected chi connectivity index (χ1v) is 9.65. The number of aromatic nitrogens is 1. The van der Waals surface area contributed by atoms with E-state index < -0.39 is 28.6 Å². The van der Waals surface area contributed by atoms with Crippen LogP contribution in [0.4, 0.5) is 14.5 Å². The van der Waals surface area contributed by atoms with Crippen molar-refractivity contribution in [2.24, 2.45) is 17.6 Å². The summed E-state index contributed by atoms with van der Waals surface area (Å²) in [4.78, 5) is 25.7. The lowest BCUT2D eigenvalue weighted by Gasteiger charge is -2.23. The first-order valence-electron chi connectivity index (χ1n) is 9.65. The zero-order chi connectivity index (χ0) is 19.7. The van der Waals surface area contributed by atoms with Crippen LogP contribution in [0.5, 0.6) is 0 Å². The van der Waals surface area contributed by atoms with Crippen molar-refractivity contribution in [3.63, 3.8) is 0 Å². The highest BCUT2D eigenvalue weighted by atomic mass is 19.1. The Morgan fingerprint density at radius 2 is 1.82 bits per heavy atom. The number of halogens is 2. The van der Waals surface area contributed by atoms with Crippen LogP contribution in [0.3, 0.4) is 0 Å². The van der Waals surface area contributed by atoms with Gasteiger partial charge in [-0.1, -0.05) is 0 Å². The van der Waals surface area contributed by atoms with E-state index in [4.69, 9.17) is 5.73 Å². The Kier molecular flexibility index (Phi) is 3.78. The van der Waals surface area contributed by atoms with Crippen molar-refractivity contribution in [2.45, 2.75) is 37.8 Å². The average molecular weight is 389 g/mol. The Bertz CT molecular complexity index is 1050.